The summed E-state index contributed by atoms with van der Waals surface area (Å²) in [6.07, 6.45) is -5.21. The molecule has 10 heteroatoms. The number of halogens is 3. The monoisotopic (exact) mass is 306 g/mol. The van der Waals surface area contributed by atoms with Crippen LogP contribution < -0.4 is 9.44 Å². The van der Waals surface area contributed by atoms with Crippen molar-refractivity contribution in [3.63, 3.8) is 0 Å². The molecule has 0 spiro atoms. The first kappa shape index (κ1) is 18.1. The maximum absolute atomic E-state index is 11.9. The summed E-state index contributed by atoms with van der Waals surface area (Å²) in [6, 6.07) is -1.03. The fourth-order valence-electron chi connectivity index (χ4n) is 1.11. The quantitative estimate of drug-likeness (QED) is 0.678. The number of carbonyl (C=O) groups is 1. The van der Waals surface area contributed by atoms with Gasteiger partial charge in [-0.1, -0.05) is 20.8 Å². The van der Waals surface area contributed by atoms with Crippen LogP contribution in [0, 0.1) is 5.41 Å². The maximum atomic E-state index is 11.9. The minimum atomic E-state index is -4.68. The van der Waals surface area contributed by atoms with Gasteiger partial charge in [-0.25, -0.2) is 0 Å². The molecule has 3 N–H and O–H groups in total. The van der Waals surface area contributed by atoms with E-state index in [1.807, 2.05) is 4.72 Å². The summed E-state index contributed by atoms with van der Waals surface area (Å²) in [5.41, 5.74) is -0.759. The molecule has 0 aromatic rings. The molecule has 0 heterocycles. The smallest absolute Gasteiger partial charge is 0.402 e. The van der Waals surface area contributed by atoms with E-state index in [9.17, 15) is 26.4 Å². The number of hydrogen-bond acceptors (Lipinski definition) is 3. The average Bonchev–Trinajstić information content (AvgIpc) is 2.10. The molecular weight excluding hydrogens is 289 g/mol. The standard InChI is InChI=1S/C9H17F3N2O4S/c1-8(2,3)6(4-7(15)16)14-19(17,18)13-5-9(10,11)12/h6,13-14H,4-5H2,1-3H3,(H,15,16). The van der Waals surface area contributed by atoms with E-state index in [1.54, 1.807) is 20.8 Å². The lowest BCUT2D eigenvalue weighted by atomic mass is 9.85. The van der Waals surface area contributed by atoms with E-state index in [1.165, 1.54) is 4.72 Å². The third-order valence-corrected chi connectivity index (χ3v) is 3.30. The Hall–Kier alpha value is -0.870. The highest BCUT2D eigenvalue weighted by molar-refractivity contribution is 7.87. The van der Waals surface area contributed by atoms with Gasteiger partial charge in [-0.3, -0.25) is 4.79 Å². The van der Waals surface area contributed by atoms with Crippen molar-refractivity contribution >= 4 is 16.2 Å². The summed E-state index contributed by atoms with van der Waals surface area (Å²) in [5, 5.41) is 8.67. The molecule has 0 aliphatic carbocycles. The van der Waals surface area contributed by atoms with E-state index in [-0.39, 0.29) is 0 Å². The molecule has 0 radical (unpaired) electrons. The van der Waals surface area contributed by atoms with E-state index in [0.717, 1.165) is 0 Å². The van der Waals surface area contributed by atoms with Gasteiger partial charge in [0.15, 0.2) is 0 Å². The van der Waals surface area contributed by atoms with Crippen molar-refractivity contribution < 1.29 is 31.5 Å². The lowest BCUT2D eigenvalue weighted by molar-refractivity contribution is -0.138. The maximum Gasteiger partial charge on any atom is 0.402 e. The Labute approximate surface area is 109 Å². The summed E-state index contributed by atoms with van der Waals surface area (Å²) in [4.78, 5) is 10.6. The zero-order valence-corrected chi connectivity index (χ0v) is 11.5. The van der Waals surface area contributed by atoms with Crippen molar-refractivity contribution in [3.05, 3.63) is 0 Å². The number of hydrogen-bond donors (Lipinski definition) is 3. The molecule has 114 valence electrons. The van der Waals surface area contributed by atoms with Crippen LogP contribution in [0.4, 0.5) is 13.2 Å². The van der Waals surface area contributed by atoms with E-state index in [0.29, 0.717) is 0 Å². The molecule has 0 aliphatic rings. The van der Waals surface area contributed by atoms with Crippen molar-refractivity contribution in [2.45, 2.75) is 39.4 Å². The molecule has 0 aliphatic heterocycles. The summed E-state index contributed by atoms with van der Waals surface area (Å²) in [5.74, 6) is -1.25. The van der Waals surface area contributed by atoms with Gasteiger partial charge in [0.2, 0.25) is 0 Å². The van der Waals surface area contributed by atoms with Crippen LogP contribution in [0.15, 0.2) is 0 Å². The van der Waals surface area contributed by atoms with E-state index < -0.39 is 46.8 Å². The predicted molar refractivity (Wildman–Crippen MR) is 61.6 cm³/mol. The molecule has 1 atom stereocenters. The number of carboxylic acids is 1. The molecule has 6 nitrogen and oxygen atoms in total. The van der Waals surface area contributed by atoms with Crippen LogP contribution in [0.2, 0.25) is 0 Å². The Morgan fingerprint density at radius 1 is 1.26 bits per heavy atom. The SMILES string of the molecule is CC(C)(C)C(CC(=O)O)NS(=O)(=O)NCC(F)(F)F. The summed E-state index contributed by atoms with van der Waals surface area (Å²) in [7, 11) is -4.43. The first-order chi connectivity index (χ1) is 8.23. The van der Waals surface area contributed by atoms with Crippen LogP contribution >= 0.6 is 0 Å². The molecule has 0 rings (SSSR count). The summed E-state index contributed by atoms with van der Waals surface area (Å²) >= 11 is 0. The van der Waals surface area contributed by atoms with Gasteiger partial charge in [-0.2, -0.15) is 31.0 Å². The number of alkyl halides is 3. The molecule has 0 amide bonds. The first-order valence-electron chi connectivity index (χ1n) is 5.28. The van der Waals surface area contributed by atoms with Crippen molar-refractivity contribution in [2.75, 3.05) is 6.54 Å². The van der Waals surface area contributed by atoms with Crippen molar-refractivity contribution in [1.82, 2.24) is 9.44 Å². The molecule has 0 fully saturated rings. The van der Waals surface area contributed by atoms with E-state index >= 15 is 0 Å². The zero-order valence-electron chi connectivity index (χ0n) is 10.7. The highest BCUT2D eigenvalue weighted by atomic mass is 32.2. The van der Waals surface area contributed by atoms with Gasteiger partial charge in [0.1, 0.15) is 6.54 Å². The zero-order chi connectivity index (χ0) is 15.5. The van der Waals surface area contributed by atoms with Crippen LogP contribution in [-0.2, 0) is 15.0 Å². The highest BCUT2D eigenvalue weighted by Gasteiger charge is 2.33. The van der Waals surface area contributed by atoms with Crippen LogP contribution in [0.5, 0.6) is 0 Å². The highest BCUT2D eigenvalue weighted by Crippen LogP contribution is 2.22. The Bertz CT molecular complexity index is 414. The Morgan fingerprint density at radius 2 is 1.74 bits per heavy atom. The van der Waals surface area contributed by atoms with Gasteiger partial charge in [-0.05, 0) is 5.41 Å². The molecule has 0 aromatic heterocycles. The largest absolute Gasteiger partial charge is 0.481 e. The second kappa shape index (κ2) is 6.06. The van der Waals surface area contributed by atoms with Gasteiger partial charge in [-0.15, -0.1) is 0 Å². The first-order valence-corrected chi connectivity index (χ1v) is 6.77. The van der Waals surface area contributed by atoms with Crippen LogP contribution in [0.25, 0.3) is 0 Å². The molecule has 0 bridgehead atoms. The topological polar surface area (TPSA) is 95.5 Å². The third kappa shape index (κ3) is 8.78. The third-order valence-electron chi connectivity index (χ3n) is 2.18. The number of aliphatic carboxylic acids is 1. The lowest BCUT2D eigenvalue weighted by Gasteiger charge is -2.30. The van der Waals surface area contributed by atoms with Crippen LogP contribution in [-0.4, -0.2) is 38.3 Å². The van der Waals surface area contributed by atoms with E-state index in [4.69, 9.17) is 5.11 Å². The summed E-state index contributed by atoms with van der Waals surface area (Å²) < 4.78 is 61.8. The summed E-state index contributed by atoms with van der Waals surface area (Å²) in [6.45, 7) is 3.01. The number of rotatable bonds is 6. The Kier molecular flexibility index (Phi) is 5.78. The molecule has 0 saturated heterocycles. The van der Waals surface area contributed by atoms with Gasteiger partial charge in [0.05, 0.1) is 6.42 Å². The van der Waals surface area contributed by atoms with Crippen molar-refractivity contribution in [2.24, 2.45) is 5.41 Å². The van der Waals surface area contributed by atoms with Gasteiger partial charge >= 0.3 is 12.1 Å². The molecule has 1 unspecified atom stereocenters. The fourth-order valence-corrected chi connectivity index (χ4v) is 2.35. The normalized spacial score (nSPS) is 15.3. The minimum Gasteiger partial charge on any atom is -0.481 e. The van der Waals surface area contributed by atoms with Gasteiger partial charge < -0.3 is 5.11 Å². The minimum absolute atomic E-state index is 0.531. The molecule has 0 saturated carbocycles. The van der Waals surface area contributed by atoms with Crippen LogP contribution in [0.3, 0.4) is 0 Å². The van der Waals surface area contributed by atoms with Crippen LogP contribution in [0.1, 0.15) is 27.2 Å². The Morgan fingerprint density at radius 3 is 2.05 bits per heavy atom. The molecular formula is C9H17F3N2O4S. The Balaban J connectivity index is 4.79. The van der Waals surface area contributed by atoms with Crippen molar-refractivity contribution in [1.29, 1.82) is 0 Å². The van der Waals surface area contributed by atoms with Gasteiger partial charge in [0.25, 0.3) is 10.2 Å². The van der Waals surface area contributed by atoms with E-state index in [2.05, 4.69) is 0 Å². The second-order valence-electron chi connectivity index (χ2n) is 5.07. The van der Waals surface area contributed by atoms with Crippen molar-refractivity contribution in [3.8, 4) is 0 Å². The molecule has 0 aromatic carbocycles. The second-order valence-corrected chi connectivity index (χ2v) is 6.61. The molecule has 19 heavy (non-hydrogen) atoms. The predicted octanol–water partition coefficient (Wildman–Crippen LogP) is 0.862. The number of carboxylic acid groups (broad SMARTS) is 1. The number of nitrogens with one attached hydrogen (secondary N) is 2. The van der Waals surface area contributed by atoms with Gasteiger partial charge in [0, 0.05) is 6.04 Å². The fraction of sp³-hybridized carbons (Fsp3) is 0.889. The average molecular weight is 306 g/mol. The lowest BCUT2D eigenvalue weighted by Crippen LogP contribution is -2.50.